The van der Waals surface area contributed by atoms with Gasteiger partial charge in [-0.15, -0.1) is 0 Å². The number of methoxy groups -OCH3 is 3. The molecule has 6 nitrogen and oxygen atoms in total. The molecule has 0 aliphatic heterocycles. The molecule has 0 radical (unpaired) electrons. The van der Waals surface area contributed by atoms with Crippen LogP contribution in [0.5, 0.6) is 17.2 Å². The van der Waals surface area contributed by atoms with Crippen LogP contribution in [0, 0.1) is 0 Å². The molecule has 0 heterocycles. The lowest BCUT2D eigenvalue weighted by atomic mass is 9.99. The van der Waals surface area contributed by atoms with E-state index in [1.165, 1.54) is 21.3 Å². The fourth-order valence-corrected chi connectivity index (χ4v) is 1.80. The summed E-state index contributed by atoms with van der Waals surface area (Å²) in [5, 5.41) is 12.2. The van der Waals surface area contributed by atoms with Gasteiger partial charge in [0.05, 0.1) is 33.5 Å². The maximum atomic E-state index is 12.3. The molecular formula is C15H23NO5. The number of rotatable bonds is 7. The van der Waals surface area contributed by atoms with Gasteiger partial charge >= 0.3 is 0 Å². The van der Waals surface area contributed by atoms with Crippen LogP contribution >= 0.6 is 0 Å². The molecule has 0 saturated heterocycles. The second-order valence-electron chi connectivity index (χ2n) is 4.94. The van der Waals surface area contributed by atoms with E-state index in [9.17, 15) is 9.90 Å². The van der Waals surface area contributed by atoms with Gasteiger partial charge in [0.1, 0.15) is 0 Å². The Morgan fingerprint density at radius 3 is 2.05 bits per heavy atom. The zero-order chi connectivity index (χ0) is 16.0. The summed E-state index contributed by atoms with van der Waals surface area (Å²) in [6.07, 6.45) is 0.611. The average Bonchev–Trinajstić information content (AvgIpc) is 2.52. The number of benzene rings is 1. The molecule has 0 fully saturated rings. The lowest BCUT2D eigenvalue weighted by molar-refractivity contribution is 0.0846. The molecule has 6 heteroatoms. The van der Waals surface area contributed by atoms with E-state index in [-0.39, 0.29) is 12.5 Å². The van der Waals surface area contributed by atoms with Gasteiger partial charge in [-0.3, -0.25) is 4.79 Å². The van der Waals surface area contributed by atoms with Gasteiger partial charge in [0, 0.05) is 5.56 Å². The molecule has 0 saturated carbocycles. The van der Waals surface area contributed by atoms with E-state index < -0.39 is 5.54 Å². The largest absolute Gasteiger partial charge is 0.493 e. The Labute approximate surface area is 125 Å². The fourth-order valence-electron chi connectivity index (χ4n) is 1.80. The first-order valence-corrected chi connectivity index (χ1v) is 6.68. The molecule has 0 aliphatic carbocycles. The predicted molar refractivity (Wildman–Crippen MR) is 79.3 cm³/mol. The Hall–Kier alpha value is -1.95. The number of nitrogens with one attached hydrogen (secondary N) is 1. The Morgan fingerprint density at radius 1 is 1.19 bits per heavy atom. The monoisotopic (exact) mass is 297 g/mol. The van der Waals surface area contributed by atoms with Crippen LogP contribution in [0.2, 0.25) is 0 Å². The highest BCUT2D eigenvalue weighted by Gasteiger charge is 2.25. The zero-order valence-electron chi connectivity index (χ0n) is 13.1. The Balaban J connectivity index is 3.16. The summed E-state index contributed by atoms with van der Waals surface area (Å²) in [5.74, 6) is 0.929. The topological polar surface area (TPSA) is 77.0 Å². The van der Waals surface area contributed by atoms with Crippen molar-refractivity contribution in [3.05, 3.63) is 17.7 Å². The third-order valence-electron chi connectivity index (χ3n) is 3.47. The average molecular weight is 297 g/mol. The van der Waals surface area contributed by atoms with E-state index in [4.69, 9.17) is 14.2 Å². The predicted octanol–water partition coefficient (Wildman–Crippen LogP) is 1.60. The minimum absolute atomic E-state index is 0.139. The summed E-state index contributed by atoms with van der Waals surface area (Å²) in [7, 11) is 4.48. The van der Waals surface area contributed by atoms with Crippen LogP contribution in [0.15, 0.2) is 12.1 Å². The van der Waals surface area contributed by atoms with Gasteiger partial charge in [0.2, 0.25) is 5.75 Å². The molecule has 0 aromatic heterocycles. The van der Waals surface area contributed by atoms with Gasteiger partial charge in [-0.1, -0.05) is 6.92 Å². The van der Waals surface area contributed by atoms with Crippen molar-refractivity contribution < 1.29 is 24.1 Å². The van der Waals surface area contributed by atoms with Gasteiger partial charge in [-0.05, 0) is 25.5 Å². The first-order valence-electron chi connectivity index (χ1n) is 6.68. The molecule has 1 aromatic rings. The zero-order valence-corrected chi connectivity index (χ0v) is 13.1. The quantitative estimate of drug-likeness (QED) is 0.799. The maximum Gasteiger partial charge on any atom is 0.252 e. The van der Waals surface area contributed by atoms with Crippen LogP contribution in [0.1, 0.15) is 30.6 Å². The third kappa shape index (κ3) is 3.78. The molecular weight excluding hydrogens is 274 g/mol. The van der Waals surface area contributed by atoms with Crippen LogP contribution in [-0.2, 0) is 0 Å². The number of aliphatic hydroxyl groups excluding tert-OH is 1. The maximum absolute atomic E-state index is 12.3. The highest BCUT2D eigenvalue weighted by Crippen LogP contribution is 2.38. The number of hydrogen-bond acceptors (Lipinski definition) is 5. The minimum atomic E-state index is -0.669. The number of hydrogen-bond donors (Lipinski definition) is 2. The van der Waals surface area contributed by atoms with E-state index in [1.54, 1.807) is 19.1 Å². The Kier molecular flexibility index (Phi) is 5.84. The lowest BCUT2D eigenvalue weighted by Gasteiger charge is -2.27. The Bertz CT molecular complexity index is 472. The first kappa shape index (κ1) is 17.1. The standard InChI is InChI=1S/C15H23NO5/c1-6-15(2,9-17)16-14(18)10-7-11(19-3)13(21-5)12(8-10)20-4/h7-8,17H,6,9H2,1-5H3,(H,16,18). The molecule has 1 atom stereocenters. The number of carbonyl (C=O) groups is 1. The number of amides is 1. The number of aliphatic hydroxyl groups is 1. The van der Waals surface area contributed by atoms with Crippen LogP contribution in [0.4, 0.5) is 0 Å². The SMILES string of the molecule is CCC(C)(CO)NC(=O)c1cc(OC)c(OC)c(OC)c1. The van der Waals surface area contributed by atoms with Gasteiger partial charge in [0.25, 0.3) is 5.91 Å². The van der Waals surface area contributed by atoms with Crippen molar-refractivity contribution in [1.29, 1.82) is 0 Å². The van der Waals surface area contributed by atoms with Crippen LogP contribution in [-0.4, -0.2) is 44.5 Å². The molecule has 0 spiro atoms. The molecule has 1 aromatic carbocycles. The van der Waals surface area contributed by atoms with E-state index in [2.05, 4.69) is 5.32 Å². The van der Waals surface area contributed by atoms with E-state index >= 15 is 0 Å². The summed E-state index contributed by atoms with van der Waals surface area (Å²) < 4.78 is 15.7. The molecule has 21 heavy (non-hydrogen) atoms. The number of ether oxygens (including phenoxy) is 3. The summed E-state index contributed by atoms with van der Waals surface area (Å²) in [6, 6.07) is 3.15. The molecule has 2 N–H and O–H groups in total. The highest BCUT2D eigenvalue weighted by atomic mass is 16.5. The van der Waals surface area contributed by atoms with Crippen molar-refractivity contribution in [3.63, 3.8) is 0 Å². The van der Waals surface area contributed by atoms with Gasteiger partial charge in [-0.25, -0.2) is 0 Å². The minimum Gasteiger partial charge on any atom is -0.493 e. The van der Waals surface area contributed by atoms with E-state index in [0.717, 1.165) is 0 Å². The van der Waals surface area contributed by atoms with Gasteiger partial charge in [0.15, 0.2) is 11.5 Å². The first-order chi connectivity index (χ1) is 9.94. The van der Waals surface area contributed by atoms with Crippen LogP contribution < -0.4 is 19.5 Å². The van der Waals surface area contributed by atoms with Crippen molar-refractivity contribution in [2.75, 3.05) is 27.9 Å². The summed E-state index contributed by atoms with van der Waals surface area (Å²) >= 11 is 0. The van der Waals surface area contributed by atoms with E-state index in [0.29, 0.717) is 29.2 Å². The summed E-state index contributed by atoms with van der Waals surface area (Å²) in [5.41, 5.74) is -0.296. The second kappa shape index (κ2) is 7.17. The van der Waals surface area contributed by atoms with Gasteiger partial charge in [-0.2, -0.15) is 0 Å². The van der Waals surface area contributed by atoms with Crippen LogP contribution in [0.3, 0.4) is 0 Å². The fraction of sp³-hybridized carbons (Fsp3) is 0.533. The van der Waals surface area contributed by atoms with Gasteiger partial charge < -0.3 is 24.6 Å². The van der Waals surface area contributed by atoms with E-state index in [1.807, 2.05) is 6.92 Å². The van der Waals surface area contributed by atoms with Crippen molar-refractivity contribution in [1.82, 2.24) is 5.32 Å². The number of carbonyl (C=O) groups excluding carboxylic acids is 1. The molecule has 1 rings (SSSR count). The molecule has 0 aliphatic rings. The lowest BCUT2D eigenvalue weighted by Crippen LogP contribution is -2.48. The van der Waals surface area contributed by atoms with Crippen molar-refractivity contribution >= 4 is 5.91 Å². The normalized spacial score (nSPS) is 13.2. The Morgan fingerprint density at radius 2 is 1.71 bits per heavy atom. The van der Waals surface area contributed by atoms with Crippen LogP contribution in [0.25, 0.3) is 0 Å². The third-order valence-corrected chi connectivity index (χ3v) is 3.47. The molecule has 1 amide bonds. The van der Waals surface area contributed by atoms with Crippen molar-refractivity contribution in [2.45, 2.75) is 25.8 Å². The smallest absolute Gasteiger partial charge is 0.252 e. The summed E-state index contributed by atoms with van der Waals surface area (Å²) in [4.78, 5) is 12.3. The second-order valence-corrected chi connectivity index (χ2v) is 4.94. The highest BCUT2D eigenvalue weighted by molar-refractivity contribution is 5.96. The molecule has 1 unspecified atom stereocenters. The molecule has 118 valence electrons. The molecule has 0 bridgehead atoms. The van der Waals surface area contributed by atoms with Crippen molar-refractivity contribution in [3.8, 4) is 17.2 Å². The van der Waals surface area contributed by atoms with Crippen molar-refractivity contribution in [2.24, 2.45) is 0 Å². The summed E-state index contributed by atoms with van der Waals surface area (Å²) in [6.45, 7) is 3.54.